The first-order chi connectivity index (χ1) is 10.7. The van der Waals surface area contributed by atoms with Crippen LogP contribution < -0.4 is 10.1 Å². The van der Waals surface area contributed by atoms with E-state index in [-0.39, 0.29) is 11.8 Å². The minimum atomic E-state index is 0.0575. The van der Waals surface area contributed by atoms with Gasteiger partial charge in [0.25, 0.3) is 0 Å². The van der Waals surface area contributed by atoms with Gasteiger partial charge in [-0.2, -0.15) is 0 Å². The van der Waals surface area contributed by atoms with Crippen LogP contribution in [0.3, 0.4) is 0 Å². The fourth-order valence-electron chi connectivity index (χ4n) is 1.90. The molecule has 1 atom stereocenters. The van der Waals surface area contributed by atoms with Crippen LogP contribution >= 0.6 is 0 Å². The van der Waals surface area contributed by atoms with E-state index < -0.39 is 0 Å². The number of amides is 1. The maximum Gasteiger partial charge on any atom is 0.223 e. The summed E-state index contributed by atoms with van der Waals surface area (Å²) in [5.74, 6) is 0.961. The number of ether oxygens (including phenoxy) is 1. The van der Waals surface area contributed by atoms with Gasteiger partial charge in [-0.25, -0.2) is 0 Å². The lowest BCUT2D eigenvalue weighted by atomic mass is 10.1. The van der Waals surface area contributed by atoms with Crippen molar-refractivity contribution >= 4 is 5.91 Å². The second-order valence-corrected chi connectivity index (χ2v) is 5.32. The molecule has 0 unspecified atom stereocenters. The third kappa shape index (κ3) is 4.88. The summed E-state index contributed by atoms with van der Waals surface area (Å²) in [6, 6.07) is 11.6. The molecule has 0 aliphatic rings. The van der Waals surface area contributed by atoms with Gasteiger partial charge in [-0.15, -0.1) is 0 Å². The molecule has 1 heterocycles. The first kappa shape index (κ1) is 16.0. The first-order valence-electron chi connectivity index (χ1n) is 7.57. The first-order valence-corrected chi connectivity index (χ1v) is 7.57. The SMILES string of the molecule is CC[C@@H](C)C(=O)NCc1ccc(OCc2cccnc2)cc1. The minimum absolute atomic E-state index is 0.0575. The molecule has 0 saturated heterocycles. The zero-order valence-electron chi connectivity index (χ0n) is 13.1. The highest BCUT2D eigenvalue weighted by atomic mass is 16.5. The second kappa shape index (κ2) is 8.17. The summed E-state index contributed by atoms with van der Waals surface area (Å²) in [7, 11) is 0. The van der Waals surface area contributed by atoms with Gasteiger partial charge in [0.2, 0.25) is 5.91 Å². The average Bonchev–Trinajstić information content (AvgIpc) is 2.59. The lowest BCUT2D eigenvalue weighted by molar-refractivity contribution is -0.124. The molecule has 1 aromatic heterocycles. The predicted molar refractivity (Wildman–Crippen MR) is 86.3 cm³/mol. The molecule has 0 fully saturated rings. The van der Waals surface area contributed by atoms with Crippen LogP contribution in [-0.2, 0) is 17.9 Å². The number of rotatable bonds is 7. The average molecular weight is 298 g/mol. The van der Waals surface area contributed by atoms with Crippen LogP contribution in [0.15, 0.2) is 48.8 Å². The third-order valence-corrected chi connectivity index (χ3v) is 3.58. The molecular weight excluding hydrogens is 276 g/mol. The summed E-state index contributed by atoms with van der Waals surface area (Å²) in [4.78, 5) is 15.8. The smallest absolute Gasteiger partial charge is 0.223 e. The fourth-order valence-corrected chi connectivity index (χ4v) is 1.90. The molecule has 0 aliphatic carbocycles. The molecule has 4 heteroatoms. The molecular formula is C18H22N2O2. The van der Waals surface area contributed by atoms with Crippen LogP contribution in [-0.4, -0.2) is 10.9 Å². The summed E-state index contributed by atoms with van der Waals surface area (Å²) in [5, 5.41) is 2.94. The molecule has 0 radical (unpaired) electrons. The van der Waals surface area contributed by atoms with Crippen molar-refractivity contribution in [2.45, 2.75) is 33.4 Å². The molecule has 0 spiro atoms. The molecule has 116 valence electrons. The van der Waals surface area contributed by atoms with Crippen molar-refractivity contribution in [3.63, 3.8) is 0 Å². The normalized spacial score (nSPS) is 11.7. The maximum absolute atomic E-state index is 11.7. The Bertz CT molecular complexity index is 582. The Morgan fingerprint density at radius 1 is 1.23 bits per heavy atom. The number of hydrogen-bond acceptors (Lipinski definition) is 3. The van der Waals surface area contributed by atoms with Gasteiger partial charge in [0, 0.05) is 30.4 Å². The Labute approximate surface area is 131 Å². The summed E-state index contributed by atoms with van der Waals surface area (Å²) >= 11 is 0. The van der Waals surface area contributed by atoms with Crippen molar-refractivity contribution in [2.24, 2.45) is 5.92 Å². The molecule has 2 aromatic rings. The highest BCUT2D eigenvalue weighted by molar-refractivity contribution is 5.78. The van der Waals surface area contributed by atoms with E-state index in [1.807, 2.05) is 50.2 Å². The summed E-state index contributed by atoms with van der Waals surface area (Å²) in [5.41, 5.74) is 2.10. The van der Waals surface area contributed by atoms with E-state index in [0.29, 0.717) is 13.2 Å². The van der Waals surface area contributed by atoms with E-state index in [4.69, 9.17) is 4.74 Å². The van der Waals surface area contributed by atoms with E-state index in [1.165, 1.54) is 0 Å². The van der Waals surface area contributed by atoms with Crippen molar-refractivity contribution in [1.82, 2.24) is 10.3 Å². The Hall–Kier alpha value is -2.36. The van der Waals surface area contributed by atoms with Crippen LogP contribution in [0, 0.1) is 5.92 Å². The van der Waals surface area contributed by atoms with Crippen LogP contribution in [0.2, 0.25) is 0 Å². The molecule has 1 amide bonds. The zero-order chi connectivity index (χ0) is 15.8. The molecule has 0 aliphatic heterocycles. The van der Waals surface area contributed by atoms with E-state index in [0.717, 1.165) is 23.3 Å². The summed E-state index contributed by atoms with van der Waals surface area (Å²) in [6.45, 7) is 4.99. The van der Waals surface area contributed by atoms with Crippen LogP contribution in [0.25, 0.3) is 0 Å². The molecule has 0 saturated carbocycles. The lowest BCUT2D eigenvalue weighted by Crippen LogP contribution is -2.28. The highest BCUT2D eigenvalue weighted by Crippen LogP contribution is 2.14. The number of pyridine rings is 1. The summed E-state index contributed by atoms with van der Waals surface area (Å²) < 4.78 is 5.70. The van der Waals surface area contributed by atoms with Gasteiger partial charge >= 0.3 is 0 Å². The number of hydrogen-bond donors (Lipinski definition) is 1. The van der Waals surface area contributed by atoms with Crippen LogP contribution in [0.4, 0.5) is 0 Å². The van der Waals surface area contributed by atoms with Crippen LogP contribution in [0.1, 0.15) is 31.4 Å². The lowest BCUT2D eigenvalue weighted by Gasteiger charge is -2.10. The quantitative estimate of drug-likeness (QED) is 0.853. The number of benzene rings is 1. The maximum atomic E-state index is 11.7. The van der Waals surface area contributed by atoms with Crippen molar-refractivity contribution in [2.75, 3.05) is 0 Å². The standard InChI is InChI=1S/C18H22N2O2/c1-3-14(2)18(21)20-12-15-6-8-17(9-7-15)22-13-16-5-4-10-19-11-16/h4-11,14H,3,12-13H2,1-2H3,(H,20,21)/t14-/m1/s1. The van der Waals surface area contributed by atoms with Gasteiger partial charge < -0.3 is 10.1 Å². The largest absolute Gasteiger partial charge is 0.489 e. The second-order valence-electron chi connectivity index (χ2n) is 5.32. The van der Waals surface area contributed by atoms with E-state index in [2.05, 4.69) is 10.3 Å². The predicted octanol–water partition coefficient (Wildman–Crippen LogP) is 3.32. The van der Waals surface area contributed by atoms with Gasteiger partial charge in [-0.1, -0.05) is 32.0 Å². The molecule has 4 nitrogen and oxygen atoms in total. The van der Waals surface area contributed by atoms with Gasteiger partial charge in [-0.3, -0.25) is 9.78 Å². The van der Waals surface area contributed by atoms with Crippen LogP contribution in [0.5, 0.6) is 5.75 Å². The number of carbonyl (C=O) groups is 1. The number of nitrogens with one attached hydrogen (secondary N) is 1. The molecule has 0 bridgehead atoms. The Morgan fingerprint density at radius 2 is 2.00 bits per heavy atom. The van der Waals surface area contributed by atoms with Gasteiger partial charge in [0.15, 0.2) is 0 Å². The van der Waals surface area contributed by atoms with E-state index >= 15 is 0 Å². The van der Waals surface area contributed by atoms with Crippen molar-refractivity contribution < 1.29 is 9.53 Å². The highest BCUT2D eigenvalue weighted by Gasteiger charge is 2.09. The van der Waals surface area contributed by atoms with Crippen molar-refractivity contribution in [3.8, 4) is 5.75 Å². The number of carbonyl (C=O) groups excluding carboxylic acids is 1. The van der Waals surface area contributed by atoms with Crippen molar-refractivity contribution in [3.05, 3.63) is 59.9 Å². The topological polar surface area (TPSA) is 51.2 Å². The van der Waals surface area contributed by atoms with E-state index in [1.54, 1.807) is 12.4 Å². The van der Waals surface area contributed by atoms with Gasteiger partial charge in [-0.05, 0) is 30.2 Å². The molecule has 1 aromatic carbocycles. The third-order valence-electron chi connectivity index (χ3n) is 3.58. The Morgan fingerprint density at radius 3 is 2.64 bits per heavy atom. The number of nitrogens with zero attached hydrogens (tertiary/aromatic N) is 1. The molecule has 1 N–H and O–H groups in total. The van der Waals surface area contributed by atoms with Crippen molar-refractivity contribution in [1.29, 1.82) is 0 Å². The Balaban J connectivity index is 1.81. The number of aromatic nitrogens is 1. The monoisotopic (exact) mass is 298 g/mol. The zero-order valence-corrected chi connectivity index (χ0v) is 13.1. The fraction of sp³-hybridized carbons (Fsp3) is 0.333. The minimum Gasteiger partial charge on any atom is -0.489 e. The molecule has 22 heavy (non-hydrogen) atoms. The molecule has 2 rings (SSSR count). The Kier molecular flexibility index (Phi) is 5.95. The van der Waals surface area contributed by atoms with Gasteiger partial charge in [0.05, 0.1) is 0 Å². The summed E-state index contributed by atoms with van der Waals surface area (Å²) in [6.07, 6.45) is 4.39. The van der Waals surface area contributed by atoms with Gasteiger partial charge in [0.1, 0.15) is 12.4 Å². The van der Waals surface area contributed by atoms with E-state index in [9.17, 15) is 4.79 Å².